The van der Waals surface area contributed by atoms with Crippen molar-refractivity contribution < 1.29 is 4.79 Å². The van der Waals surface area contributed by atoms with Gasteiger partial charge in [0.1, 0.15) is 0 Å². The van der Waals surface area contributed by atoms with E-state index in [1.54, 1.807) is 11.9 Å². The molecule has 0 fully saturated rings. The Balaban J connectivity index is 1.60. The first-order valence-electron chi connectivity index (χ1n) is 8.33. The van der Waals surface area contributed by atoms with Gasteiger partial charge in [-0.1, -0.05) is 69.7 Å². The summed E-state index contributed by atoms with van der Waals surface area (Å²) in [4.78, 5) is 14.1. The monoisotopic (exact) mass is 445 g/mol. The number of carbonyl (C=O) groups excluding carboxylic acids is 1. The summed E-state index contributed by atoms with van der Waals surface area (Å²) in [6, 6.07) is 15.8. The van der Waals surface area contributed by atoms with Crippen molar-refractivity contribution in [2.24, 2.45) is 0 Å². The molecule has 1 aromatic heterocycles. The summed E-state index contributed by atoms with van der Waals surface area (Å²) in [6.45, 7) is 2.57. The van der Waals surface area contributed by atoms with Crippen LogP contribution in [0.25, 0.3) is 11.4 Å². The Kier molecular flexibility index (Phi) is 6.18. The van der Waals surface area contributed by atoms with Crippen molar-refractivity contribution in [2.45, 2.75) is 18.6 Å². The first kappa shape index (κ1) is 19.4. The van der Waals surface area contributed by atoms with E-state index in [-0.39, 0.29) is 11.7 Å². The van der Waals surface area contributed by atoms with Gasteiger partial charge in [-0.05, 0) is 24.6 Å². The largest absolute Gasteiger partial charge is 0.341 e. The lowest BCUT2D eigenvalue weighted by atomic mass is 10.1. The van der Waals surface area contributed by atoms with Gasteiger partial charge in [-0.2, -0.15) is 0 Å². The fourth-order valence-corrected chi connectivity index (χ4v) is 3.52. The topological polar surface area (TPSA) is 77.0 Å². The summed E-state index contributed by atoms with van der Waals surface area (Å²) in [7, 11) is 1.79. The van der Waals surface area contributed by atoms with Crippen LogP contribution in [0.3, 0.4) is 0 Å². The molecule has 3 rings (SSSR count). The van der Waals surface area contributed by atoms with Gasteiger partial charge in [0, 0.05) is 23.6 Å². The quantitative estimate of drug-likeness (QED) is 0.464. The van der Waals surface area contributed by atoms with Crippen LogP contribution in [0, 0.1) is 6.92 Å². The van der Waals surface area contributed by atoms with Crippen molar-refractivity contribution in [3.8, 4) is 11.4 Å². The minimum atomic E-state index is 0.00260. The second-order valence-electron chi connectivity index (χ2n) is 6.21. The molecule has 0 spiro atoms. The summed E-state index contributed by atoms with van der Waals surface area (Å²) in [5.41, 5.74) is 3.12. The van der Waals surface area contributed by atoms with Crippen LogP contribution in [-0.4, -0.2) is 38.5 Å². The maximum absolute atomic E-state index is 12.4. The number of thioether (sulfide) groups is 1. The Hall–Kier alpha value is -2.32. The zero-order valence-corrected chi connectivity index (χ0v) is 17.5. The molecule has 2 N–H and O–H groups in total. The molecular weight excluding hydrogens is 426 g/mol. The molecule has 0 saturated heterocycles. The van der Waals surface area contributed by atoms with E-state index in [2.05, 4.69) is 26.1 Å². The normalized spacial score (nSPS) is 10.8. The number of benzene rings is 2. The van der Waals surface area contributed by atoms with E-state index >= 15 is 0 Å². The zero-order chi connectivity index (χ0) is 19.4. The smallest absolute Gasteiger partial charge is 0.233 e. The third kappa shape index (κ3) is 4.90. The van der Waals surface area contributed by atoms with E-state index in [0.29, 0.717) is 17.5 Å². The van der Waals surface area contributed by atoms with Crippen LogP contribution in [0.1, 0.15) is 11.1 Å². The number of aryl methyl sites for hydroxylation is 1. The summed E-state index contributed by atoms with van der Waals surface area (Å²) in [5, 5.41) is 8.78. The van der Waals surface area contributed by atoms with Gasteiger partial charge >= 0.3 is 0 Å². The van der Waals surface area contributed by atoms with Crippen LogP contribution in [0.5, 0.6) is 0 Å². The van der Waals surface area contributed by atoms with Gasteiger partial charge in [-0.15, -0.1) is 10.2 Å². The predicted octanol–water partition coefficient (Wildman–Crippen LogP) is 3.48. The van der Waals surface area contributed by atoms with Crippen molar-refractivity contribution in [2.75, 3.05) is 18.6 Å². The molecule has 1 amide bonds. The number of rotatable bonds is 6. The molecule has 3 aromatic rings. The molecule has 0 aliphatic carbocycles. The van der Waals surface area contributed by atoms with Gasteiger partial charge in [0.15, 0.2) is 5.82 Å². The predicted molar refractivity (Wildman–Crippen MR) is 112 cm³/mol. The zero-order valence-electron chi connectivity index (χ0n) is 15.1. The summed E-state index contributed by atoms with van der Waals surface area (Å²) < 4.78 is 2.44. The molecule has 0 radical (unpaired) electrons. The molecule has 8 heteroatoms. The van der Waals surface area contributed by atoms with Crippen LogP contribution < -0.4 is 5.84 Å². The van der Waals surface area contributed by atoms with Crippen LogP contribution in [0.15, 0.2) is 58.2 Å². The van der Waals surface area contributed by atoms with Crippen LogP contribution in [-0.2, 0) is 11.3 Å². The van der Waals surface area contributed by atoms with Crippen LogP contribution >= 0.6 is 27.7 Å². The van der Waals surface area contributed by atoms with E-state index in [1.807, 2.05) is 55.5 Å². The number of nitrogens with zero attached hydrogens (tertiary/aromatic N) is 4. The second kappa shape index (κ2) is 8.58. The molecule has 0 bridgehead atoms. The Morgan fingerprint density at radius 3 is 2.48 bits per heavy atom. The number of amides is 1. The van der Waals surface area contributed by atoms with Crippen LogP contribution in [0.2, 0.25) is 0 Å². The Labute approximate surface area is 170 Å². The number of aromatic nitrogens is 3. The molecule has 6 nitrogen and oxygen atoms in total. The lowest BCUT2D eigenvalue weighted by Crippen LogP contribution is -2.28. The van der Waals surface area contributed by atoms with E-state index in [1.165, 1.54) is 16.4 Å². The van der Waals surface area contributed by atoms with Crippen molar-refractivity contribution >= 4 is 33.6 Å². The highest BCUT2D eigenvalue weighted by Crippen LogP contribution is 2.22. The maximum Gasteiger partial charge on any atom is 0.233 e. The number of hydrogen-bond donors (Lipinski definition) is 1. The van der Waals surface area contributed by atoms with Gasteiger partial charge in [-0.3, -0.25) is 4.79 Å². The summed E-state index contributed by atoms with van der Waals surface area (Å²) in [5.74, 6) is 6.94. The van der Waals surface area contributed by atoms with Crippen molar-refractivity contribution in [3.63, 3.8) is 0 Å². The molecule has 0 unspecified atom stereocenters. The highest BCUT2D eigenvalue weighted by molar-refractivity contribution is 9.10. The van der Waals surface area contributed by atoms with Gasteiger partial charge in [0.2, 0.25) is 11.1 Å². The standard InChI is InChI=1S/C19H20BrN5OS/c1-13-3-7-15(8-4-13)18-22-23-19(25(18)21)27-12-17(26)24(2)11-14-5-9-16(20)10-6-14/h3-10H,11-12,21H2,1-2H3. The van der Waals surface area contributed by atoms with Crippen LogP contribution in [0.4, 0.5) is 0 Å². The molecule has 0 aliphatic heterocycles. The van der Waals surface area contributed by atoms with E-state index in [9.17, 15) is 4.79 Å². The molecule has 1 heterocycles. The highest BCUT2D eigenvalue weighted by Gasteiger charge is 2.15. The number of nitrogen functional groups attached to an aromatic ring is 1. The second-order valence-corrected chi connectivity index (χ2v) is 8.07. The number of nitrogens with two attached hydrogens (primary N) is 1. The fourth-order valence-electron chi connectivity index (χ4n) is 2.46. The molecule has 27 heavy (non-hydrogen) atoms. The Bertz CT molecular complexity index is 924. The fraction of sp³-hybridized carbons (Fsp3) is 0.211. The van der Waals surface area contributed by atoms with E-state index in [4.69, 9.17) is 5.84 Å². The van der Waals surface area contributed by atoms with Gasteiger partial charge < -0.3 is 10.7 Å². The van der Waals surface area contributed by atoms with Crippen molar-refractivity contribution in [1.29, 1.82) is 0 Å². The highest BCUT2D eigenvalue weighted by atomic mass is 79.9. The number of carbonyl (C=O) groups is 1. The lowest BCUT2D eigenvalue weighted by Gasteiger charge is -2.17. The third-order valence-electron chi connectivity index (χ3n) is 4.06. The SMILES string of the molecule is Cc1ccc(-c2nnc(SCC(=O)N(C)Cc3ccc(Br)cc3)n2N)cc1. The first-order chi connectivity index (χ1) is 12.9. The van der Waals surface area contributed by atoms with Crippen molar-refractivity contribution in [3.05, 3.63) is 64.1 Å². The average Bonchev–Trinajstić information content (AvgIpc) is 3.03. The molecular formula is C19H20BrN5OS. The summed E-state index contributed by atoms with van der Waals surface area (Å²) in [6.07, 6.45) is 0. The maximum atomic E-state index is 12.4. The first-order valence-corrected chi connectivity index (χ1v) is 10.1. The molecule has 2 aromatic carbocycles. The van der Waals surface area contributed by atoms with Gasteiger partial charge in [0.25, 0.3) is 0 Å². The molecule has 0 atom stereocenters. The third-order valence-corrected chi connectivity index (χ3v) is 5.51. The lowest BCUT2D eigenvalue weighted by molar-refractivity contribution is -0.127. The average molecular weight is 446 g/mol. The minimum absolute atomic E-state index is 0.00260. The van der Waals surface area contributed by atoms with Crippen molar-refractivity contribution in [1.82, 2.24) is 19.8 Å². The molecule has 140 valence electrons. The van der Waals surface area contributed by atoms with Gasteiger partial charge in [-0.25, -0.2) is 4.68 Å². The van der Waals surface area contributed by atoms with Gasteiger partial charge in [0.05, 0.1) is 5.75 Å². The molecule has 0 aliphatic rings. The summed E-state index contributed by atoms with van der Waals surface area (Å²) >= 11 is 4.69. The number of halogens is 1. The van der Waals surface area contributed by atoms with E-state index < -0.39 is 0 Å². The van der Waals surface area contributed by atoms with E-state index in [0.717, 1.165) is 21.2 Å². The Morgan fingerprint density at radius 2 is 1.81 bits per heavy atom. The molecule has 0 saturated carbocycles. The Morgan fingerprint density at radius 1 is 1.15 bits per heavy atom. The minimum Gasteiger partial charge on any atom is -0.341 e. The number of hydrogen-bond acceptors (Lipinski definition) is 5.